The lowest BCUT2D eigenvalue weighted by molar-refractivity contribution is -0.139. The van der Waals surface area contributed by atoms with Crippen molar-refractivity contribution in [3.05, 3.63) is 93.5 Å². The second kappa shape index (κ2) is 13.3. The predicted octanol–water partition coefficient (Wildman–Crippen LogP) is 5.75. The molecule has 0 unspecified atom stereocenters. The molecule has 3 rings (SSSR count). The fourth-order valence-corrected chi connectivity index (χ4v) is 5.70. The maximum Gasteiger partial charge on any atom is 0.264 e. The molecule has 208 valence electrons. The molecular formula is C29H33Cl2N3O4S. The van der Waals surface area contributed by atoms with Crippen LogP contribution in [0.1, 0.15) is 37.0 Å². The van der Waals surface area contributed by atoms with Gasteiger partial charge in [-0.2, -0.15) is 0 Å². The number of aryl methyl sites for hydroxylation is 2. The molecule has 0 aliphatic carbocycles. The predicted molar refractivity (Wildman–Crippen MR) is 157 cm³/mol. The molecule has 0 spiro atoms. The van der Waals surface area contributed by atoms with Crippen LogP contribution in [0.25, 0.3) is 0 Å². The quantitative estimate of drug-likeness (QED) is 0.308. The van der Waals surface area contributed by atoms with Gasteiger partial charge in [0.25, 0.3) is 10.0 Å². The number of rotatable bonds is 11. The van der Waals surface area contributed by atoms with E-state index in [0.29, 0.717) is 27.8 Å². The molecule has 3 aromatic rings. The minimum atomic E-state index is -4.16. The Labute approximate surface area is 240 Å². The van der Waals surface area contributed by atoms with Crippen molar-refractivity contribution in [2.24, 2.45) is 0 Å². The molecule has 10 heteroatoms. The Balaban J connectivity index is 2.04. The minimum Gasteiger partial charge on any atom is -0.354 e. The molecule has 0 fully saturated rings. The normalized spacial score (nSPS) is 12.1. The Morgan fingerprint density at radius 3 is 2.23 bits per heavy atom. The second-order valence-electron chi connectivity index (χ2n) is 9.35. The third-order valence-electron chi connectivity index (χ3n) is 6.42. The number of halogens is 2. The molecule has 0 radical (unpaired) electrons. The van der Waals surface area contributed by atoms with E-state index in [2.05, 4.69) is 5.32 Å². The number of amides is 2. The van der Waals surface area contributed by atoms with Gasteiger partial charge in [0.15, 0.2) is 0 Å². The van der Waals surface area contributed by atoms with Crippen molar-refractivity contribution >= 4 is 50.7 Å². The third kappa shape index (κ3) is 7.75. The Kier molecular flexibility index (Phi) is 10.4. The number of anilines is 1. The highest BCUT2D eigenvalue weighted by atomic mass is 35.5. The van der Waals surface area contributed by atoms with Crippen LogP contribution in [0.5, 0.6) is 0 Å². The molecule has 1 N–H and O–H groups in total. The van der Waals surface area contributed by atoms with Crippen molar-refractivity contribution in [2.75, 3.05) is 17.4 Å². The Hall–Kier alpha value is -3.07. The standard InChI is InChI=1S/C29H33Cl2N3O4S/c1-5-15-32-29(36)22(4)33(18-23-7-6-8-25(31)17-23)28(35)19-34(26-12-9-20(2)21(3)16-26)39(37,38)27-13-10-24(30)11-14-27/h6-14,16-17,22H,5,15,18-19H2,1-4H3,(H,32,36)/t22-/m1/s1. The van der Waals surface area contributed by atoms with Crippen LogP contribution < -0.4 is 9.62 Å². The van der Waals surface area contributed by atoms with Crippen LogP contribution in [-0.2, 0) is 26.2 Å². The fraction of sp³-hybridized carbons (Fsp3) is 0.310. The number of hydrogen-bond donors (Lipinski definition) is 1. The van der Waals surface area contributed by atoms with E-state index < -0.39 is 28.5 Å². The van der Waals surface area contributed by atoms with Gasteiger partial charge in [0.1, 0.15) is 12.6 Å². The van der Waals surface area contributed by atoms with Gasteiger partial charge in [-0.05, 0) is 92.4 Å². The van der Waals surface area contributed by atoms with E-state index in [4.69, 9.17) is 23.2 Å². The molecule has 3 aromatic carbocycles. The van der Waals surface area contributed by atoms with Crippen molar-refractivity contribution in [3.63, 3.8) is 0 Å². The van der Waals surface area contributed by atoms with E-state index in [9.17, 15) is 18.0 Å². The largest absolute Gasteiger partial charge is 0.354 e. The van der Waals surface area contributed by atoms with Gasteiger partial charge in [0, 0.05) is 23.1 Å². The molecule has 39 heavy (non-hydrogen) atoms. The second-order valence-corrected chi connectivity index (χ2v) is 12.1. The molecule has 7 nitrogen and oxygen atoms in total. The highest BCUT2D eigenvalue weighted by Crippen LogP contribution is 2.27. The fourth-order valence-electron chi connectivity index (χ4n) is 3.95. The zero-order chi connectivity index (χ0) is 28.7. The van der Waals surface area contributed by atoms with Gasteiger partial charge in [-0.3, -0.25) is 13.9 Å². The average Bonchev–Trinajstić information content (AvgIpc) is 2.90. The van der Waals surface area contributed by atoms with Crippen LogP contribution >= 0.6 is 23.2 Å². The molecular weight excluding hydrogens is 557 g/mol. The summed E-state index contributed by atoms with van der Waals surface area (Å²) in [5.41, 5.74) is 2.91. The zero-order valence-electron chi connectivity index (χ0n) is 22.4. The highest BCUT2D eigenvalue weighted by Gasteiger charge is 2.32. The van der Waals surface area contributed by atoms with E-state index >= 15 is 0 Å². The first kappa shape index (κ1) is 30.5. The summed E-state index contributed by atoms with van der Waals surface area (Å²) in [6.45, 7) is 7.37. The molecule has 2 amide bonds. The summed E-state index contributed by atoms with van der Waals surface area (Å²) >= 11 is 12.2. The van der Waals surface area contributed by atoms with E-state index in [1.54, 1.807) is 43.3 Å². The van der Waals surface area contributed by atoms with Crippen LogP contribution in [0.2, 0.25) is 10.0 Å². The molecule has 0 aliphatic heterocycles. The first-order valence-corrected chi connectivity index (χ1v) is 14.8. The Morgan fingerprint density at radius 2 is 1.62 bits per heavy atom. The first-order chi connectivity index (χ1) is 18.4. The molecule has 0 heterocycles. The number of carbonyl (C=O) groups excluding carboxylic acids is 2. The van der Waals surface area contributed by atoms with E-state index in [1.807, 2.05) is 26.8 Å². The van der Waals surface area contributed by atoms with Gasteiger partial charge in [0.2, 0.25) is 11.8 Å². The maximum atomic E-state index is 13.9. The van der Waals surface area contributed by atoms with Crippen LogP contribution in [-0.4, -0.2) is 44.3 Å². The van der Waals surface area contributed by atoms with Gasteiger partial charge in [-0.1, -0.05) is 48.3 Å². The third-order valence-corrected chi connectivity index (χ3v) is 8.69. The molecule has 0 bridgehead atoms. The van der Waals surface area contributed by atoms with Crippen LogP contribution in [0.15, 0.2) is 71.6 Å². The van der Waals surface area contributed by atoms with Crippen LogP contribution in [0, 0.1) is 13.8 Å². The van der Waals surface area contributed by atoms with Gasteiger partial charge in [-0.15, -0.1) is 0 Å². The molecule has 0 saturated heterocycles. The van der Waals surface area contributed by atoms with Gasteiger partial charge in [0.05, 0.1) is 10.6 Å². The number of benzene rings is 3. The van der Waals surface area contributed by atoms with E-state index in [1.165, 1.54) is 29.2 Å². The summed E-state index contributed by atoms with van der Waals surface area (Å²) in [6.07, 6.45) is 0.737. The number of nitrogens with one attached hydrogen (secondary N) is 1. The Morgan fingerprint density at radius 1 is 0.923 bits per heavy atom. The lowest BCUT2D eigenvalue weighted by Gasteiger charge is -2.32. The van der Waals surface area contributed by atoms with Gasteiger partial charge < -0.3 is 10.2 Å². The summed E-state index contributed by atoms with van der Waals surface area (Å²) in [4.78, 5) is 28.2. The molecule has 0 aliphatic rings. The van der Waals surface area contributed by atoms with Gasteiger partial charge >= 0.3 is 0 Å². The summed E-state index contributed by atoms with van der Waals surface area (Å²) in [6, 6.07) is 17.1. The smallest absolute Gasteiger partial charge is 0.264 e. The van der Waals surface area contributed by atoms with Crippen molar-refractivity contribution < 1.29 is 18.0 Å². The number of sulfonamides is 1. The summed E-state index contributed by atoms with van der Waals surface area (Å²) in [7, 11) is -4.16. The molecule has 0 saturated carbocycles. The van der Waals surface area contributed by atoms with E-state index in [0.717, 1.165) is 21.9 Å². The lowest BCUT2D eigenvalue weighted by atomic mass is 10.1. The topological polar surface area (TPSA) is 86.8 Å². The summed E-state index contributed by atoms with van der Waals surface area (Å²) in [5.74, 6) is -0.865. The SMILES string of the molecule is CCCNC(=O)[C@@H](C)N(Cc1cccc(Cl)c1)C(=O)CN(c1ccc(C)c(C)c1)S(=O)(=O)c1ccc(Cl)cc1. The van der Waals surface area contributed by atoms with Crippen LogP contribution in [0.3, 0.4) is 0 Å². The zero-order valence-corrected chi connectivity index (χ0v) is 24.8. The monoisotopic (exact) mass is 589 g/mol. The van der Waals surface area contributed by atoms with Crippen molar-refractivity contribution in [2.45, 2.75) is 51.6 Å². The van der Waals surface area contributed by atoms with Crippen molar-refractivity contribution in [1.29, 1.82) is 0 Å². The van der Waals surface area contributed by atoms with Crippen molar-refractivity contribution in [1.82, 2.24) is 10.2 Å². The number of carbonyl (C=O) groups is 2. The highest BCUT2D eigenvalue weighted by molar-refractivity contribution is 7.92. The lowest BCUT2D eigenvalue weighted by Crippen LogP contribution is -2.51. The number of hydrogen-bond acceptors (Lipinski definition) is 4. The molecule has 0 aromatic heterocycles. The molecule has 1 atom stereocenters. The number of nitrogens with zero attached hydrogens (tertiary/aromatic N) is 2. The van der Waals surface area contributed by atoms with Crippen molar-refractivity contribution in [3.8, 4) is 0 Å². The van der Waals surface area contributed by atoms with Crippen LogP contribution in [0.4, 0.5) is 5.69 Å². The van der Waals surface area contributed by atoms with E-state index in [-0.39, 0.29) is 17.3 Å². The maximum absolute atomic E-state index is 13.9. The van der Waals surface area contributed by atoms with Gasteiger partial charge in [-0.25, -0.2) is 8.42 Å². The minimum absolute atomic E-state index is 0.00643. The average molecular weight is 591 g/mol. The summed E-state index contributed by atoms with van der Waals surface area (Å²) < 4.78 is 28.8. The Bertz CT molecular complexity index is 1430. The summed E-state index contributed by atoms with van der Waals surface area (Å²) in [5, 5.41) is 3.70. The first-order valence-electron chi connectivity index (χ1n) is 12.6.